The number of aromatic nitrogens is 2. The number of hydrogen-bond donors (Lipinski definition) is 2. The summed E-state index contributed by atoms with van der Waals surface area (Å²) in [4.78, 5) is 32.3. The molecule has 0 bridgehead atoms. The van der Waals surface area contributed by atoms with E-state index in [1.807, 2.05) is 0 Å². The summed E-state index contributed by atoms with van der Waals surface area (Å²) < 4.78 is 0. The van der Waals surface area contributed by atoms with Gasteiger partial charge in [-0.15, -0.1) is 11.3 Å². The van der Waals surface area contributed by atoms with Crippen molar-refractivity contribution < 1.29 is 9.90 Å². The lowest BCUT2D eigenvalue weighted by molar-refractivity contribution is -0.133. The predicted octanol–water partition coefficient (Wildman–Crippen LogP) is 3.31. The molecule has 1 aliphatic carbocycles. The van der Waals surface area contributed by atoms with Gasteiger partial charge in [-0.25, -0.2) is 4.98 Å². The first-order valence-electron chi connectivity index (χ1n) is 7.65. The molecule has 0 aliphatic heterocycles. The topological polar surface area (TPSA) is 83.0 Å². The minimum absolute atomic E-state index is 0.106. The van der Waals surface area contributed by atoms with E-state index in [2.05, 4.69) is 30.7 Å². The molecule has 0 amide bonds. The fourth-order valence-corrected chi connectivity index (χ4v) is 5.04. The molecule has 2 aromatic heterocycles. The maximum atomic E-state index is 12.4. The fourth-order valence-electron chi connectivity index (χ4n) is 3.10. The molecule has 0 saturated carbocycles. The van der Waals surface area contributed by atoms with Gasteiger partial charge in [0, 0.05) is 4.88 Å². The smallest absolute Gasteiger partial charge is 0.313 e. The average molecular weight is 352 g/mol. The maximum Gasteiger partial charge on any atom is 0.313 e. The van der Waals surface area contributed by atoms with Gasteiger partial charge in [0.25, 0.3) is 5.56 Å². The standard InChI is InChI=1S/C16H20N2O3S2/c1-16(2,3)8-4-5-9-10(6-8)23-14-12(9)13(21)17-15(18-14)22-7-11(19)20/h8H,4-7H2,1-3H3,(H,19,20)(H,17,18,21)/t8-/m0/s1. The van der Waals surface area contributed by atoms with Gasteiger partial charge >= 0.3 is 5.97 Å². The number of aromatic amines is 1. The lowest BCUT2D eigenvalue weighted by Crippen LogP contribution is -2.26. The number of rotatable bonds is 3. The number of aryl methyl sites for hydroxylation is 1. The fraction of sp³-hybridized carbons (Fsp3) is 0.562. The van der Waals surface area contributed by atoms with Crippen LogP contribution in [0.3, 0.4) is 0 Å². The molecule has 1 atom stereocenters. The molecule has 5 nitrogen and oxygen atoms in total. The van der Waals surface area contributed by atoms with E-state index in [4.69, 9.17) is 5.11 Å². The highest BCUT2D eigenvalue weighted by atomic mass is 32.2. The van der Waals surface area contributed by atoms with Crippen molar-refractivity contribution >= 4 is 39.3 Å². The SMILES string of the molecule is CC(C)(C)[C@H]1CCc2c(sc3nc(SCC(=O)O)[nH]c(=O)c23)C1. The Hall–Kier alpha value is -1.34. The summed E-state index contributed by atoms with van der Waals surface area (Å²) in [5, 5.41) is 9.85. The molecule has 0 aromatic carbocycles. The van der Waals surface area contributed by atoms with Crippen molar-refractivity contribution in [3.05, 3.63) is 20.8 Å². The van der Waals surface area contributed by atoms with Crippen LogP contribution in [0.25, 0.3) is 10.2 Å². The van der Waals surface area contributed by atoms with Crippen molar-refractivity contribution in [1.82, 2.24) is 9.97 Å². The van der Waals surface area contributed by atoms with Crippen molar-refractivity contribution in [2.45, 2.75) is 45.2 Å². The number of carbonyl (C=O) groups is 1. The molecular weight excluding hydrogens is 332 g/mol. The third-order valence-corrected chi connectivity index (χ3v) is 6.46. The Morgan fingerprint density at radius 3 is 2.87 bits per heavy atom. The highest BCUT2D eigenvalue weighted by Gasteiger charge is 2.31. The first kappa shape index (κ1) is 16.5. The summed E-state index contributed by atoms with van der Waals surface area (Å²) in [5.74, 6) is -0.412. The van der Waals surface area contributed by atoms with E-state index >= 15 is 0 Å². The molecule has 3 rings (SSSR count). The van der Waals surface area contributed by atoms with Crippen molar-refractivity contribution in [3.63, 3.8) is 0 Å². The monoisotopic (exact) mass is 352 g/mol. The normalized spacial score (nSPS) is 18.1. The van der Waals surface area contributed by atoms with Crippen LogP contribution in [-0.4, -0.2) is 26.8 Å². The average Bonchev–Trinajstić information content (AvgIpc) is 2.81. The van der Waals surface area contributed by atoms with Crippen LogP contribution < -0.4 is 5.56 Å². The Kier molecular flexibility index (Phi) is 4.27. The summed E-state index contributed by atoms with van der Waals surface area (Å²) in [6, 6.07) is 0. The number of thiophene rings is 1. The summed E-state index contributed by atoms with van der Waals surface area (Å²) in [7, 11) is 0. The molecule has 0 unspecified atom stereocenters. The molecule has 2 heterocycles. The number of carboxylic acid groups (broad SMARTS) is 1. The first-order chi connectivity index (χ1) is 10.8. The van der Waals surface area contributed by atoms with E-state index in [1.54, 1.807) is 11.3 Å². The minimum Gasteiger partial charge on any atom is -0.481 e. The van der Waals surface area contributed by atoms with Crippen molar-refractivity contribution in [2.24, 2.45) is 11.3 Å². The summed E-state index contributed by atoms with van der Waals surface area (Å²) in [6.07, 6.45) is 3.01. The van der Waals surface area contributed by atoms with Gasteiger partial charge in [0.05, 0.1) is 11.1 Å². The van der Waals surface area contributed by atoms with Gasteiger partial charge in [-0.3, -0.25) is 9.59 Å². The molecule has 23 heavy (non-hydrogen) atoms. The van der Waals surface area contributed by atoms with Crippen LogP contribution in [0.2, 0.25) is 0 Å². The van der Waals surface area contributed by atoms with Crippen molar-refractivity contribution in [2.75, 3.05) is 5.75 Å². The third kappa shape index (κ3) is 3.30. The summed E-state index contributed by atoms with van der Waals surface area (Å²) in [6.45, 7) is 6.80. The highest BCUT2D eigenvalue weighted by Crippen LogP contribution is 2.42. The molecule has 2 aromatic rings. The molecule has 1 aliphatic rings. The van der Waals surface area contributed by atoms with Crippen LogP contribution in [0.4, 0.5) is 0 Å². The second-order valence-electron chi connectivity index (χ2n) is 7.04. The number of fused-ring (bicyclic) bond motifs is 3. The first-order valence-corrected chi connectivity index (χ1v) is 9.45. The number of aliphatic carboxylic acids is 1. The number of thioether (sulfide) groups is 1. The van der Waals surface area contributed by atoms with E-state index < -0.39 is 5.97 Å². The van der Waals surface area contributed by atoms with Gasteiger partial charge in [-0.2, -0.15) is 0 Å². The molecule has 124 valence electrons. The largest absolute Gasteiger partial charge is 0.481 e. The zero-order valence-corrected chi connectivity index (χ0v) is 15.1. The third-order valence-electron chi connectivity index (χ3n) is 4.45. The predicted molar refractivity (Wildman–Crippen MR) is 93.6 cm³/mol. The zero-order valence-electron chi connectivity index (χ0n) is 13.4. The van der Waals surface area contributed by atoms with Crippen molar-refractivity contribution in [1.29, 1.82) is 0 Å². The van der Waals surface area contributed by atoms with Crippen LogP contribution >= 0.6 is 23.1 Å². The van der Waals surface area contributed by atoms with Gasteiger partial charge < -0.3 is 10.1 Å². The summed E-state index contributed by atoms with van der Waals surface area (Å²) in [5.41, 5.74) is 1.26. The molecule has 0 spiro atoms. The van der Waals surface area contributed by atoms with Crippen LogP contribution in [0.5, 0.6) is 0 Å². The molecule has 2 N–H and O–H groups in total. The van der Waals surface area contributed by atoms with E-state index in [1.165, 1.54) is 4.88 Å². The van der Waals surface area contributed by atoms with Gasteiger partial charge in [0.15, 0.2) is 5.16 Å². The summed E-state index contributed by atoms with van der Waals surface area (Å²) >= 11 is 2.64. The Morgan fingerprint density at radius 2 is 2.22 bits per heavy atom. The number of nitrogens with zero attached hydrogens (tertiary/aromatic N) is 1. The van der Waals surface area contributed by atoms with E-state index in [0.29, 0.717) is 16.5 Å². The van der Waals surface area contributed by atoms with E-state index in [-0.39, 0.29) is 16.7 Å². The Balaban J connectivity index is 1.98. The van der Waals surface area contributed by atoms with Crippen LogP contribution in [0, 0.1) is 11.3 Å². The van der Waals surface area contributed by atoms with E-state index in [0.717, 1.165) is 41.4 Å². The van der Waals surface area contributed by atoms with Gasteiger partial charge in [-0.05, 0) is 36.2 Å². The van der Waals surface area contributed by atoms with E-state index in [9.17, 15) is 9.59 Å². The van der Waals surface area contributed by atoms with Gasteiger partial charge in [-0.1, -0.05) is 32.5 Å². The second kappa shape index (κ2) is 5.94. The lowest BCUT2D eigenvalue weighted by atomic mass is 9.72. The number of nitrogens with one attached hydrogen (secondary N) is 1. The van der Waals surface area contributed by atoms with Gasteiger partial charge in [0.1, 0.15) is 4.83 Å². The van der Waals surface area contributed by atoms with Crippen LogP contribution in [0.15, 0.2) is 9.95 Å². The molecule has 0 saturated heterocycles. The maximum absolute atomic E-state index is 12.4. The quantitative estimate of drug-likeness (QED) is 0.654. The number of H-pyrrole nitrogens is 1. The lowest BCUT2D eigenvalue weighted by Gasteiger charge is -2.33. The Morgan fingerprint density at radius 1 is 1.48 bits per heavy atom. The zero-order chi connectivity index (χ0) is 16.8. The van der Waals surface area contributed by atoms with Gasteiger partial charge in [0.2, 0.25) is 0 Å². The molecule has 0 fully saturated rings. The Bertz CT molecular complexity index is 817. The Labute approximate surface area is 142 Å². The number of carboxylic acids is 1. The molecule has 7 heteroatoms. The highest BCUT2D eigenvalue weighted by molar-refractivity contribution is 7.99. The second-order valence-corrected chi connectivity index (χ2v) is 9.09. The minimum atomic E-state index is -0.920. The van der Waals surface area contributed by atoms with Crippen LogP contribution in [0.1, 0.15) is 37.6 Å². The van der Waals surface area contributed by atoms with Crippen molar-refractivity contribution in [3.8, 4) is 0 Å². The molecular formula is C16H20N2O3S2. The number of hydrogen-bond acceptors (Lipinski definition) is 5. The molecule has 0 radical (unpaired) electrons. The van der Waals surface area contributed by atoms with Crippen LogP contribution in [-0.2, 0) is 17.6 Å².